The molecule has 1 saturated carbocycles. The van der Waals surface area contributed by atoms with E-state index in [0.29, 0.717) is 19.0 Å². The van der Waals surface area contributed by atoms with Crippen LogP contribution in [-0.2, 0) is 9.59 Å². The first-order chi connectivity index (χ1) is 11.6. The van der Waals surface area contributed by atoms with Crippen LogP contribution in [0.15, 0.2) is 12.2 Å². The molecule has 3 atom stereocenters. The summed E-state index contributed by atoms with van der Waals surface area (Å²) >= 11 is 0. The van der Waals surface area contributed by atoms with Gasteiger partial charge in [-0.1, -0.05) is 38.3 Å². The van der Waals surface area contributed by atoms with Gasteiger partial charge in [0, 0.05) is 19.0 Å². The molecule has 1 fully saturated rings. The first kappa shape index (κ1) is 20.9. The van der Waals surface area contributed by atoms with Gasteiger partial charge in [-0.2, -0.15) is 0 Å². The molecule has 2 unspecified atom stereocenters. The van der Waals surface area contributed by atoms with E-state index in [4.69, 9.17) is 0 Å². The average Bonchev–Trinajstić information content (AvgIpc) is 3.35. The van der Waals surface area contributed by atoms with Gasteiger partial charge in [-0.05, 0) is 52.0 Å². The smallest absolute Gasteiger partial charge is 0.223 e. The maximum absolute atomic E-state index is 12.3. The Hall–Kier alpha value is -1.16. The van der Waals surface area contributed by atoms with E-state index < -0.39 is 0 Å². The summed E-state index contributed by atoms with van der Waals surface area (Å²) in [4.78, 5) is 25.0. The summed E-state index contributed by atoms with van der Waals surface area (Å²) in [7, 11) is 2.03. The average molecular weight is 337 g/mol. The molecule has 0 heterocycles. The normalized spacial score (nSPS) is 21.0. The molecule has 0 saturated heterocycles. The number of hydrogen-bond acceptors (Lipinski definition) is 3. The number of carbonyl (C=O) groups excluding carboxylic acids is 2. The number of amides is 1. The van der Waals surface area contributed by atoms with Crippen LogP contribution >= 0.6 is 0 Å². The number of carbonyl (C=O) groups is 2. The summed E-state index contributed by atoms with van der Waals surface area (Å²) in [6, 6.07) is 0.412. The first-order valence-electron chi connectivity index (χ1n) is 9.72. The number of allylic oxidation sites excluding steroid dienone is 1. The van der Waals surface area contributed by atoms with E-state index in [2.05, 4.69) is 24.4 Å². The number of hydrogen-bond donors (Lipinski definition) is 1. The standard InChI is InChI=1S/C20H36N2O2/c1-4-5-14-22(17(2)16-23)20(24)13-11-9-7-6-8-10-12-18-15-19(18)21-3/h10,12,16-19,21H,4-9,11,13-15H2,1-3H3/b12-10-/t17?,18-,19?/m1/s1. The molecule has 0 radical (unpaired) electrons. The van der Waals surface area contributed by atoms with Crippen molar-refractivity contribution in [1.29, 1.82) is 0 Å². The summed E-state index contributed by atoms with van der Waals surface area (Å²) in [6.07, 6.45) is 14.9. The Morgan fingerprint density at radius 1 is 1.25 bits per heavy atom. The third-order valence-corrected chi connectivity index (χ3v) is 4.87. The topological polar surface area (TPSA) is 49.4 Å². The highest BCUT2D eigenvalue weighted by Crippen LogP contribution is 2.31. The van der Waals surface area contributed by atoms with Gasteiger partial charge in [0.25, 0.3) is 0 Å². The first-order valence-corrected chi connectivity index (χ1v) is 9.72. The van der Waals surface area contributed by atoms with Crippen LogP contribution in [0, 0.1) is 5.92 Å². The van der Waals surface area contributed by atoms with Crippen molar-refractivity contribution < 1.29 is 9.59 Å². The zero-order valence-corrected chi connectivity index (χ0v) is 15.8. The Morgan fingerprint density at radius 3 is 2.62 bits per heavy atom. The minimum atomic E-state index is -0.293. The predicted molar refractivity (Wildman–Crippen MR) is 99.9 cm³/mol. The molecule has 0 aromatic heterocycles. The molecule has 0 aromatic rings. The van der Waals surface area contributed by atoms with E-state index in [1.807, 2.05) is 14.0 Å². The van der Waals surface area contributed by atoms with E-state index >= 15 is 0 Å². The van der Waals surface area contributed by atoms with Crippen LogP contribution in [0.25, 0.3) is 0 Å². The van der Waals surface area contributed by atoms with Crippen LogP contribution in [0.3, 0.4) is 0 Å². The molecule has 4 heteroatoms. The second kappa shape index (κ2) is 12.2. The van der Waals surface area contributed by atoms with Gasteiger partial charge >= 0.3 is 0 Å². The minimum Gasteiger partial charge on any atom is -0.333 e. The lowest BCUT2D eigenvalue weighted by atomic mass is 10.1. The van der Waals surface area contributed by atoms with Gasteiger partial charge in [-0.25, -0.2) is 0 Å². The van der Waals surface area contributed by atoms with E-state index in [0.717, 1.165) is 44.3 Å². The number of nitrogens with one attached hydrogen (secondary N) is 1. The van der Waals surface area contributed by atoms with Crippen molar-refractivity contribution >= 4 is 12.2 Å². The predicted octanol–water partition coefficient (Wildman–Crippen LogP) is 3.71. The van der Waals surface area contributed by atoms with E-state index in [1.165, 1.54) is 19.3 Å². The zero-order valence-electron chi connectivity index (χ0n) is 15.8. The highest BCUT2D eigenvalue weighted by Gasteiger charge is 2.32. The van der Waals surface area contributed by atoms with Crippen molar-refractivity contribution in [3.8, 4) is 0 Å². The van der Waals surface area contributed by atoms with Crippen LogP contribution in [0.5, 0.6) is 0 Å². The van der Waals surface area contributed by atoms with Crippen LogP contribution in [-0.4, -0.2) is 42.8 Å². The number of aldehydes is 1. The molecule has 1 N–H and O–H groups in total. The van der Waals surface area contributed by atoms with Crippen molar-refractivity contribution in [1.82, 2.24) is 10.2 Å². The van der Waals surface area contributed by atoms with Crippen molar-refractivity contribution in [2.75, 3.05) is 13.6 Å². The molecule has 138 valence electrons. The summed E-state index contributed by atoms with van der Waals surface area (Å²) < 4.78 is 0. The van der Waals surface area contributed by atoms with Crippen LogP contribution in [0.4, 0.5) is 0 Å². The van der Waals surface area contributed by atoms with Gasteiger partial charge in [-0.15, -0.1) is 0 Å². The van der Waals surface area contributed by atoms with Gasteiger partial charge in [-0.3, -0.25) is 4.79 Å². The minimum absolute atomic E-state index is 0.134. The van der Waals surface area contributed by atoms with E-state index in [-0.39, 0.29) is 11.9 Å². The van der Waals surface area contributed by atoms with Gasteiger partial charge in [0.2, 0.25) is 5.91 Å². The van der Waals surface area contributed by atoms with Crippen molar-refractivity contribution in [3.63, 3.8) is 0 Å². The Bertz CT molecular complexity index is 395. The Balaban J connectivity index is 2.07. The van der Waals surface area contributed by atoms with Crippen molar-refractivity contribution in [2.45, 2.75) is 83.7 Å². The van der Waals surface area contributed by atoms with E-state index in [9.17, 15) is 9.59 Å². The Kier molecular flexibility index (Phi) is 10.6. The molecular weight excluding hydrogens is 300 g/mol. The van der Waals surface area contributed by atoms with Crippen LogP contribution < -0.4 is 5.32 Å². The summed E-state index contributed by atoms with van der Waals surface area (Å²) in [5.74, 6) is 0.885. The van der Waals surface area contributed by atoms with Gasteiger partial charge in [0.1, 0.15) is 6.29 Å². The second-order valence-corrected chi connectivity index (χ2v) is 6.99. The lowest BCUT2D eigenvalue weighted by Gasteiger charge is -2.25. The quantitative estimate of drug-likeness (QED) is 0.299. The largest absolute Gasteiger partial charge is 0.333 e. The summed E-state index contributed by atoms with van der Waals surface area (Å²) in [5.41, 5.74) is 0. The van der Waals surface area contributed by atoms with Crippen molar-refractivity contribution in [3.05, 3.63) is 12.2 Å². The molecule has 0 spiro atoms. The van der Waals surface area contributed by atoms with E-state index in [1.54, 1.807) is 4.90 Å². The summed E-state index contributed by atoms with van der Waals surface area (Å²) in [5, 5.41) is 3.29. The zero-order chi connectivity index (χ0) is 17.8. The fourth-order valence-electron chi connectivity index (χ4n) is 3.02. The summed E-state index contributed by atoms with van der Waals surface area (Å²) in [6.45, 7) is 4.62. The van der Waals surface area contributed by atoms with Gasteiger partial charge in [0.15, 0.2) is 0 Å². The molecule has 1 aliphatic rings. The van der Waals surface area contributed by atoms with Crippen LogP contribution in [0.1, 0.15) is 71.6 Å². The Labute approximate surface area is 148 Å². The Morgan fingerprint density at radius 2 is 2.00 bits per heavy atom. The molecule has 1 rings (SSSR count). The molecule has 4 nitrogen and oxygen atoms in total. The monoisotopic (exact) mass is 336 g/mol. The van der Waals surface area contributed by atoms with Gasteiger partial charge in [0.05, 0.1) is 6.04 Å². The lowest BCUT2D eigenvalue weighted by molar-refractivity contribution is -0.136. The highest BCUT2D eigenvalue weighted by molar-refractivity contribution is 5.79. The molecule has 0 aromatic carbocycles. The number of unbranched alkanes of at least 4 members (excludes halogenated alkanes) is 5. The molecule has 0 bridgehead atoms. The van der Waals surface area contributed by atoms with Crippen molar-refractivity contribution in [2.24, 2.45) is 5.92 Å². The third kappa shape index (κ3) is 8.09. The molecule has 1 amide bonds. The van der Waals surface area contributed by atoms with Gasteiger partial charge < -0.3 is 15.0 Å². The maximum Gasteiger partial charge on any atom is 0.223 e. The molecule has 1 aliphatic carbocycles. The SMILES string of the molecule is CCCCN(C(=O)CCCCCC/C=C\[C@@H]1CC1NC)C(C)C=O. The second-order valence-electron chi connectivity index (χ2n) is 6.99. The maximum atomic E-state index is 12.3. The fourth-order valence-corrected chi connectivity index (χ4v) is 3.02. The molecule has 0 aliphatic heterocycles. The molecule has 24 heavy (non-hydrogen) atoms. The fraction of sp³-hybridized carbons (Fsp3) is 0.800. The molecular formula is C20H36N2O2. The highest BCUT2D eigenvalue weighted by atomic mass is 16.2. The lowest BCUT2D eigenvalue weighted by Crippen LogP contribution is -2.40. The van der Waals surface area contributed by atoms with Crippen LogP contribution in [0.2, 0.25) is 0 Å². The third-order valence-electron chi connectivity index (χ3n) is 4.87. The number of nitrogens with zero attached hydrogens (tertiary/aromatic N) is 1. The number of rotatable bonds is 14.